The maximum atomic E-state index is 12.7. The largest absolute Gasteiger partial charge is 0.507 e. The van der Waals surface area contributed by atoms with Crippen LogP contribution >= 0.6 is 0 Å². The van der Waals surface area contributed by atoms with Crippen LogP contribution in [0.5, 0.6) is 5.75 Å². The smallest absolute Gasteiger partial charge is 0.149 e. The zero-order valence-electron chi connectivity index (χ0n) is 42.2. The van der Waals surface area contributed by atoms with Crippen LogP contribution in [0.3, 0.4) is 0 Å². The Morgan fingerprint density at radius 3 is 1.70 bits per heavy atom. The fourth-order valence-corrected chi connectivity index (χ4v) is 10.2. The third-order valence-electron chi connectivity index (χ3n) is 14.1. The van der Waals surface area contributed by atoms with Gasteiger partial charge in [0.2, 0.25) is 0 Å². The molecule has 0 bridgehead atoms. The number of fused-ring (bicyclic) bond motifs is 4. The van der Waals surface area contributed by atoms with E-state index in [1.165, 1.54) is 10.9 Å². The van der Waals surface area contributed by atoms with E-state index in [4.69, 9.17) is 9.97 Å². The van der Waals surface area contributed by atoms with E-state index in [1.54, 1.807) is 0 Å². The Bertz CT molecular complexity index is 3800. The molecule has 11 rings (SSSR count). The standard InChI is InChI=1S/C66H60N4O/c1-64(2,3)47-32-33-58(52(37-47)43-24-15-11-16-25-43)70-59-31-21-29-50(61(59)68-63(70)54-38-48(65(4,5)6)39-55(62(54)71)66(7,8)9)45-34-44(42-22-13-10-14-23-42)35-46(36-45)56-40-53-51-28-19-20-30-57(51)69(60(53)41-67-56)49-26-17-12-18-27-49/h10-41,71H,1-9H3. The van der Waals surface area contributed by atoms with Gasteiger partial charge in [-0.15, -0.1) is 0 Å². The summed E-state index contributed by atoms with van der Waals surface area (Å²) in [5.74, 6) is 0.934. The molecule has 5 nitrogen and oxygen atoms in total. The number of pyridine rings is 1. The molecule has 0 fully saturated rings. The quantitative estimate of drug-likeness (QED) is 0.173. The van der Waals surface area contributed by atoms with E-state index in [9.17, 15) is 5.11 Å². The highest BCUT2D eigenvalue weighted by atomic mass is 16.3. The number of hydrogen-bond donors (Lipinski definition) is 1. The van der Waals surface area contributed by atoms with E-state index in [2.05, 4.69) is 260 Å². The normalized spacial score (nSPS) is 12.4. The van der Waals surface area contributed by atoms with Crippen LogP contribution in [0, 0.1) is 0 Å². The predicted octanol–water partition coefficient (Wildman–Crippen LogP) is 17.5. The number of aromatic nitrogens is 4. The molecule has 0 aliphatic carbocycles. The highest BCUT2D eigenvalue weighted by Gasteiger charge is 2.30. The van der Waals surface area contributed by atoms with E-state index in [-0.39, 0.29) is 22.0 Å². The van der Waals surface area contributed by atoms with E-state index >= 15 is 0 Å². The second-order valence-corrected chi connectivity index (χ2v) is 22.2. The zero-order valence-corrected chi connectivity index (χ0v) is 42.2. The summed E-state index contributed by atoms with van der Waals surface area (Å²) >= 11 is 0. The van der Waals surface area contributed by atoms with Crippen molar-refractivity contribution < 1.29 is 5.11 Å². The van der Waals surface area contributed by atoms with Crippen molar-refractivity contribution in [2.75, 3.05) is 0 Å². The number of hydrogen-bond acceptors (Lipinski definition) is 3. The van der Waals surface area contributed by atoms with Crippen molar-refractivity contribution in [2.45, 2.75) is 78.6 Å². The predicted molar refractivity (Wildman–Crippen MR) is 298 cm³/mol. The van der Waals surface area contributed by atoms with Crippen LogP contribution in [-0.2, 0) is 16.2 Å². The van der Waals surface area contributed by atoms with Crippen molar-refractivity contribution >= 4 is 32.8 Å². The molecule has 0 saturated heterocycles. The molecule has 3 heterocycles. The summed E-state index contributed by atoms with van der Waals surface area (Å²) in [6.07, 6.45) is 2.03. The fourth-order valence-electron chi connectivity index (χ4n) is 10.2. The first-order valence-corrected chi connectivity index (χ1v) is 24.8. The highest BCUT2D eigenvalue weighted by Crippen LogP contribution is 2.46. The minimum Gasteiger partial charge on any atom is -0.507 e. The van der Waals surface area contributed by atoms with Crippen LogP contribution in [0.2, 0.25) is 0 Å². The van der Waals surface area contributed by atoms with Gasteiger partial charge < -0.3 is 9.67 Å². The van der Waals surface area contributed by atoms with Gasteiger partial charge in [-0.25, -0.2) is 4.98 Å². The van der Waals surface area contributed by atoms with Crippen LogP contribution in [0.15, 0.2) is 194 Å². The molecule has 1 N–H and O–H groups in total. The lowest BCUT2D eigenvalue weighted by Crippen LogP contribution is -2.17. The first-order chi connectivity index (χ1) is 34.0. The molecule has 11 aromatic rings. The van der Waals surface area contributed by atoms with Gasteiger partial charge in [-0.3, -0.25) is 9.55 Å². The fraction of sp³-hybridized carbons (Fsp3) is 0.182. The van der Waals surface area contributed by atoms with Crippen molar-refractivity contribution in [1.82, 2.24) is 19.1 Å². The van der Waals surface area contributed by atoms with Crippen LogP contribution in [-0.4, -0.2) is 24.2 Å². The summed E-state index contributed by atoms with van der Waals surface area (Å²) in [5.41, 5.74) is 17.7. The van der Waals surface area contributed by atoms with Gasteiger partial charge in [-0.05, 0) is 116 Å². The molecule has 3 aromatic heterocycles. The van der Waals surface area contributed by atoms with Crippen molar-refractivity contribution in [2.24, 2.45) is 0 Å². The lowest BCUT2D eigenvalue weighted by atomic mass is 9.79. The summed E-state index contributed by atoms with van der Waals surface area (Å²) in [6.45, 7) is 20.0. The molecule has 0 atom stereocenters. The zero-order chi connectivity index (χ0) is 49.4. The Labute approximate surface area is 417 Å². The molecular formula is C66H60N4O. The summed E-state index contributed by atoms with van der Waals surface area (Å²) in [7, 11) is 0. The van der Waals surface area contributed by atoms with Crippen molar-refractivity contribution in [3.05, 3.63) is 211 Å². The maximum Gasteiger partial charge on any atom is 0.149 e. The molecule has 0 aliphatic heterocycles. The van der Waals surface area contributed by atoms with Gasteiger partial charge in [-0.2, -0.15) is 0 Å². The molecule has 0 amide bonds. The number of imidazole rings is 1. The second-order valence-electron chi connectivity index (χ2n) is 22.2. The first kappa shape index (κ1) is 45.4. The number of phenols is 1. The van der Waals surface area contributed by atoms with Gasteiger partial charge in [0.25, 0.3) is 0 Å². The molecule has 8 aromatic carbocycles. The Morgan fingerprint density at radius 1 is 0.408 bits per heavy atom. The number of phenolic OH excluding ortho intramolecular Hbond substituents is 1. The summed E-state index contributed by atoms with van der Waals surface area (Å²) in [5, 5.41) is 15.0. The third kappa shape index (κ3) is 8.19. The molecule has 0 spiro atoms. The Hall–Kier alpha value is -8.02. The minimum absolute atomic E-state index is 0.0875. The van der Waals surface area contributed by atoms with Gasteiger partial charge in [0, 0.05) is 38.7 Å². The molecule has 0 aliphatic rings. The molecule has 0 unspecified atom stereocenters. The van der Waals surface area contributed by atoms with E-state index in [1.807, 2.05) is 6.20 Å². The monoisotopic (exact) mass is 924 g/mol. The SMILES string of the molecule is CC(C)(C)c1ccc(-n2c(-c3cc(C(C)(C)C)cc(C(C)(C)C)c3O)nc3c(-c4cc(-c5ccccc5)cc(-c5cc6c7ccccc7n(-c7ccccc7)c6cn5)c4)cccc32)c(-c2ccccc2)c1. The van der Waals surface area contributed by atoms with E-state index < -0.39 is 0 Å². The minimum atomic E-state index is -0.340. The molecule has 0 saturated carbocycles. The van der Waals surface area contributed by atoms with Gasteiger partial charge in [-0.1, -0.05) is 184 Å². The van der Waals surface area contributed by atoms with Gasteiger partial charge in [0.15, 0.2) is 0 Å². The average molecular weight is 925 g/mol. The second kappa shape index (κ2) is 17.1. The van der Waals surface area contributed by atoms with Crippen molar-refractivity contribution in [1.29, 1.82) is 0 Å². The van der Waals surface area contributed by atoms with Crippen molar-refractivity contribution in [3.63, 3.8) is 0 Å². The maximum absolute atomic E-state index is 12.7. The van der Waals surface area contributed by atoms with E-state index in [0.717, 1.165) is 94.6 Å². The molecule has 5 heteroatoms. The first-order valence-electron chi connectivity index (χ1n) is 24.8. The Morgan fingerprint density at radius 2 is 1.01 bits per heavy atom. The number of aromatic hydroxyl groups is 1. The molecule has 0 radical (unpaired) electrons. The number of nitrogens with zero attached hydrogens (tertiary/aromatic N) is 4. The Balaban J connectivity index is 1.20. The number of rotatable bonds is 7. The molecular weight excluding hydrogens is 865 g/mol. The summed E-state index contributed by atoms with van der Waals surface area (Å²) in [6, 6.07) is 67.2. The molecule has 350 valence electrons. The summed E-state index contributed by atoms with van der Waals surface area (Å²) in [4.78, 5) is 11.0. The third-order valence-corrected chi connectivity index (χ3v) is 14.1. The van der Waals surface area contributed by atoms with Crippen LogP contribution in [0.25, 0.3) is 100 Å². The average Bonchev–Trinajstić information content (AvgIpc) is 3.92. The Kier molecular flexibility index (Phi) is 11.0. The molecule has 71 heavy (non-hydrogen) atoms. The lowest BCUT2D eigenvalue weighted by molar-refractivity contribution is 0.446. The van der Waals surface area contributed by atoms with Crippen LogP contribution in [0.1, 0.15) is 79.0 Å². The van der Waals surface area contributed by atoms with Crippen LogP contribution in [0.4, 0.5) is 0 Å². The van der Waals surface area contributed by atoms with Gasteiger partial charge in [0.05, 0.1) is 45.2 Å². The number of benzene rings is 8. The van der Waals surface area contributed by atoms with Gasteiger partial charge in [0.1, 0.15) is 11.6 Å². The van der Waals surface area contributed by atoms with Gasteiger partial charge >= 0.3 is 0 Å². The summed E-state index contributed by atoms with van der Waals surface area (Å²) < 4.78 is 4.60. The highest BCUT2D eigenvalue weighted by molar-refractivity contribution is 6.10. The van der Waals surface area contributed by atoms with E-state index in [0.29, 0.717) is 11.4 Å². The topological polar surface area (TPSA) is 55.9 Å². The van der Waals surface area contributed by atoms with Crippen molar-refractivity contribution in [3.8, 4) is 73.2 Å². The van der Waals surface area contributed by atoms with Crippen LogP contribution < -0.4 is 0 Å². The number of para-hydroxylation sites is 3. The lowest BCUT2D eigenvalue weighted by Gasteiger charge is -2.28.